The number of ether oxygens (including phenoxy) is 1. The van der Waals surface area contributed by atoms with E-state index in [1.807, 2.05) is 19.9 Å². The molecule has 1 amide bonds. The van der Waals surface area contributed by atoms with Gasteiger partial charge in [-0.25, -0.2) is 4.79 Å². The van der Waals surface area contributed by atoms with Crippen LogP contribution in [0.3, 0.4) is 0 Å². The Morgan fingerprint density at radius 2 is 1.95 bits per heavy atom. The van der Waals surface area contributed by atoms with E-state index in [1.54, 1.807) is 19.1 Å². The second-order valence-electron chi connectivity index (χ2n) is 5.45. The number of hydrogen-bond donors (Lipinski definition) is 2. The highest BCUT2D eigenvalue weighted by Crippen LogP contribution is 2.14. The van der Waals surface area contributed by atoms with Crippen LogP contribution in [0.2, 0.25) is 0 Å². The molecule has 1 atom stereocenters. The summed E-state index contributed by atoms with van der Waals surface area (Å²) >= 11 is 0. The van der Waals surface area contributed by atoms with E-state index in [-0.39, 0.29) is 18.1 Å². The summed E-state index contributed by atoms with van der Waals surface area (Å²) < 4.78 is 4.91. The predicted octanol–water partition coefficient (Wildman–Crippen LogP) is 1.39. The molecule has 6 nitrogen and oxygen atoms in total. The fourth-order valence-electron chi connectivity index (χ4n) is 1.59. The molecule has 1 rings (SSSR count). The highest BCUT2D eigenvalue weighted by Gasteiger charge is 2.30. The fraction of sp³-hybridized carbons (Fsp3) is 0.438. The summed E-state index contributed by atoms with van der Waals surface area (Å²) in [6.45, 7) is 4.69. The summed E-state index contributed by atoms with van der Waals surface area (Å²) in [6, 6.07) is 8.27. The molecule has 0 saturated carbocycles. The first-order valence-corrected chi connectivity index (χ1v) is 6.91. The smallest absolute Gasteiger partial charge is 0.338 e. The molecule has 2 N–H and O–H groups in total. The standard InChI is InChI=1S/C16H20N2O4/c1-11(2)16(3,10-17)18-14(20)9-22-15(21)13-6-4-12(8-19)5-7-13/h4-7,11,19H,8-9H2,1-3H3,(H,18,20)/t16-/m1/s1. The van der Waals surface area contributed by atoms with Crippen LogP contribution in [-0.4, -0.2) is 29.1 Å². The van der Waals surface area contributed by atoms with Crippen LogP contribution >= 0.6 is 0 Å². The van der Waals surface area contributed by atoms with Gasteiger partial charge in [0.25, 0.3) is 5.91 Å². The number of aliphatic hydroxyl groups is 1. The lowest BCUT2D eigenvalue weighted by atomic mass is 9.90. The largest absolute Gasteiger partial charge is 0.452 e. The zero-order valence-electron chi connectivity index (χ0n) is 12.9. The van der Waals surface area contributed by atoms with Gasteiger partial charge in [0.1, 0.15) is 5.54 Å². The number of aliphatic hydroxyl groups excluding tert-OH is 1. The minimum Gasteiger partial charge on any atom is -0.452 e. The molecule has 22 heavy (non-hydrogen) atoms. The van der Waals surface area contributed by atoms with Gasteiger partial charge in [-0.2, -0.15) is 5.26 Å². The van der Waals surface area contributed by atoms with E-state index in [2.05, 4.69) is 5.32 Å². The molecule has 1 aromatic rings. The van der Waals surface area contributed by atoms with Crippen molar-refractivity contribution in [2.45, 2.75) is 32.9 Å². The lowest BCUT2D eigenvalue weighted by molar-refractivity contribution is -0.125. The highest BCUT2D eigenvalue weighted by molar-refractivity contribution is 5.91. The molecular formula is C16H20N2O4. The molecule has 0 radical (unpaired) electrons. The molecule has 0 aliphatic carbocycles. The highest BCUT2D eigenvalue weighted by atomic mass is 16.5. The molecule has 0 heterocycles. The zero-order valence-corrected chi connectivity index (χ0v) is 12.9. The number of amides is 1. The molecule has 6 heteroatoms. The second kappa shape index (κ2) is 7.57. The van der Waals surface area contributed by atoms with Crippen LogP contribution in [0.15, 0.2) is 24.3 Å². The Morgan fingerprint density at radius 1 is 1.36 bits per heavy atom. The summed E-state index contributed by atoms with van der Waals surface area (Å²) in [6.07, 6.45) is 0. The summed E-state index contributed by atoms with van der Waals surface area (Å²) in [5.41, 5.74) is -0.0420. The predicted molar refractivity (Wildman–Crippen MR) is 79.6 cm³/mol. The van der Waals surface area contributed by atoms with Crippen molar-refractivity contribution in [1.29, 1.82) is 5.26 Å². The quantitative estimate of drug-likeness (QED) is 0.774. The van der Waals surface area contributed by atoms with Crippen molar-refractivity contribution in [3.63, 3.8) is 0 Å². The monoisotopic (exact) mass is 304 g/mol. The van der Waals surface area contributed by atoms with Crippen LogP contribution in [-0.2, 0) is 16.1 Å². The Kier molecular flexibility index (Phi) is 6.08. The molecular weight excluding hydrogens is 284 g/mol. The summed E-state index contributed by atoms with van der Waals surface area (Å²) in [4.78, 5) is 23.6. The van der Waals surface area contributed by atoms with Crippen molar-refractivity contribution < 1.29 is 19.4 Å². The topological polar surface area (TPSA) is 99.4 Å². The maximum atomic E-state index is 11.8. The van der Waals surface area contributed by atoms with Crippen LogP contribution in [0.4, 0.5) is 0 Å². The Balaban J connectivity index is 2.56. The van der Waals surface area contributed by atoms with E-state index in [0.29, 0.717) is 5.56 Å². The first-order valence-electron chi connectivity index (χ1n) is 6.91. The van der Waals surface area contributed by atoms with Gasteiger partial charge in [0.2, 0.25) is 0 Å². The zero-order chi connectivity index (χ0) is 16.8. The van der Waals surface area contributed by atoms with E-state index in [9.17, 15) is 9.59 Å². The number of hydrogen-bond acceptors (Lipinski definition) is 5. The van der Waals surface area contributed by atoms with Crippen LogP contribution in [0, 0.1) is 17.2 Å². The van der Waals surface area contributed by atoms with Crippen molar-refractivity contribution in [2.24, 2.45) is 5.92 Å². The number of carbonyl (C=O) groups is 2. The molecule has 118 valence electrons. The van der Waals surface area contributed by atoms with E-state index < -0.39 is 24.0 Å². The van der Waals surface area contributed by atoms with Crippen LogP contribution < -0.4 is 5.32 Å². The molecule has 0 saturated heterocycles. The van der Waals surface area contributed by atoms with E-state index in [1.165, 1.54) is 12.1 Å². The van der Waals surface area contributed by atoms with Gasteiger partial charge in [0.15, 0.2) is 6.61 Å². The number of rotatable bonds is 6. The summed E-state index contributed by atoms with van der Waals surface area (Å²) in [5.74, 6) is -1.25. The Bertz CT molecular complexity index is 575. The van der Waals surface area contributed by atoms with E-state index >= 15 is 0 Å². The fourth-order valence-corrected chi connectivity index (χ4v) is 1.59. The SMILES string of the molecule is CC(C)[C@@](C)(C#N)NC(=O)COC(=O)c1ccc(CO)cc1. The van der Waals surface area contributed by atoms with Crippen LogP contribution in [0.25, 0.3) is 0 Å². The molecule has 0 aliphatic rings. The van der Waals surface area contributed by atoms with Gasteiger partial charge < -0.3 is 15.2 Å². The van der Waals surface area contributed by atoms with Gasteiger partial charge in [-0.1, -0.05) is 26.0 Å². The molecule has 0 unspecified atom stereocenters. The Morgan fingerprint density at radius 3 is 2.41 bits per heavy atom. The second-order valence-corrected chi connectivity index (χ2v) is 5.45. The minimum absolute atomic E-state index is 0.0804. The first kappa shape index (κ1) is 17.7. The maximum Gasteiger partial charge on any atom is 0.338 e. The average Bonchev–Trinajstić information content (AvgIpc) is 2.52. The number of esters is 1. The lowest BCUT2D eigenvalue weighted by Crippen LogP contribution is -2.50. The Hall–Kier alpha value is -2.39. The molecule has 1 aromatic carbocycles. The molecule has 0 aliphatic heterocycles. The lowest BCUT2D eigenvalue weighted by Gasteiger charge is -2.27. The number of benzene rings is 1. The van der Waals surface area contributed by atoms with Crippen molar-refractivity contribution in [2.75, 3.05) is 6.61 Å². The third-order valence-corrected chi connectivity index (χ3v) is 3.49. The maximum absolute atomic E-state index is 11.8. The normalized spacial score (nSPS) is 13.1. The molecule has 0 aromatic heterocycles. The molecule has 0 fully saturated rings. The van der Waals surface area contributed by atoms with Crippen molar-refractivity contribution in [3.05, 3.63) is 35.4 Å². The number of nitrogens with one attached hydrogen (secondary N) is 1. The van der Waals surface area contributed by atoms with E-state index in [4.69, 9.17) is 15.1 Å². The van der Waals surface area contributed by atoms with Crippen molar-refractivity contribution in [1.82, 2.24) is 5.32 Å². The van der Waals surface area contributed by atoms with Crippen molar-refractivity contribution in [3.8, 4) is 6.07 Å². The van der Waals surface area contributed by atoms with Crippen molar-refractivity contribution >= 4 is 11.9 Å². The summed E-state index contributed by atoms with van der Waals surface area (Å²) in [5, 5.41) is 20.6. The third kappa shape index (κ3) is 4.57. The van der Waals surface area contributed by atoms with Crippen LogP contribution in [0.1, 0.15) is 36.7 Å². The van der Waals surface area contributed by atoms with Gasteiger partial charge >= 0.3 is 5.97 Å². The third-order valence-electron chi connectivity index (χ3n) is 3.49. The summed E-state index contributed by atoms with van der Waals surface area (Å²) in [7, 11) is 0. The van der Waals surface area contributed by atoms with Gasteiger partial charge in [-0.05, 0) is 30.5 Å². The average molecular weight is 304 g/mol. The van der Waals surface area contributed by atoms with Gasteiger partial charge in [-0.15, -0.1) is 0 Å². The van der Waals surface area contributed by atoms with E-state index in [0.717, 1.165) is 0 Å². The minimum atomic E-state index is -1.01. The number of carbonyl (C=O) groups excluding carboxylic acids is 2. The number of nitrogens with zero attached hydrogens (tertiary/aromatic N) is 1. The first-order chi connectivity index (χ1) is 10.3. The number of nitriles is 1. The van der Waals surface area contributed by atoms with Gasteiger partial charge in [-0.3, -0.25) is 4.79 Å². The molecule has 0 bridgehead atoms. The Labute approximate surface area is 129 Å². The van der Waals surface area contributed by atoms with Gasteiger partial charge in [0.05, 0.1) is 18.2 Å². The van der Waals surface area contributed by atoms with Gasteiger partial charge in [0, 0.05) is 0 Å². The van der Waals surface area contributed by atoms with Crippen LogP contribution in [0.5, 0.6) is 0 Å². The molecule has 0 spiro atoms.